The predicted octanol–water partition coefficient (Wildman–Crippen LogP) is 2.54. The van der Waals surface area contributed by atoms with Gasteiger partial charge in [0, 0.05) is 24.7 Å². The number of anilines is 1. The van der Waals surface area contributed by atoms with E-state index in [1.807, 2.05) is 0 Å². The molecule has 2 fully saturated rings. The van der Waals surface area contributed by atoms with E-state index in [2.05, 4.69) is 10.2 Å². The second-order valence-corrected chi connectivity index (χ2v) is 5.85. The molecule has 2 aliphatic heterocycles. The number of non-ortho nitro benzene ring substituents is 1. The number of hydrogen-bond donors (Lipinski definition) is 1. The first-order valence-electron chi connectivity index (χ1n) is 7.49. The van der Waals surface area contributed by atoms with Crippen molar-refractivity contribution < 1.29 is 9.85 Å². The molecule has 2 aliphatic rings. The van der Waals surface area contributed by atoms with E-state index in [9.17, 15) is 20.2 Å². The minimum absolute atomic E-state index is 0.167. The van der Waals surface area contributed by atoms with Crippen LogP contribution in [0, 0.1) is 20.2 Å². The summed E-state index contributed by atoms with van der Waals surface area (Å²) in [6.45, 7) is 2.09. The summed E-state index contributed by atoms with van der Waals surface area (Å²) in [7, 11) is 0. The van der Waals surface area contributed by atoms with Crippen LogP contribution in [0.25, 0.3) is 0 Å². The van der Waals surface area contributed by atoms with Crippen LogP contribution in [0.2, 0.25) is 0 Å². The Bertz CT molecular complexity index is 607. The van der Waals surface area contributed by atoms with Crippen LogP contribution in [0.4, 0.5) is 17.1 Å². The topological polar surface area (TPSA) is 102 Å². The highest BCUT2D eigenvalue weighted by Crippen LogP contribution is 2.34. The van der Waals surface area contributed by atoms with E-state index in [-0.39, 0.29) is 17.4 Å². The zero-order valence-corrected chi connectivity index (χ0v) is 12.1. The van der Waals surface area contributed by atoms with Crippen molar-refractivity contribution in [3.8, 4) is 0 Å². The van der Waals surface area contributed by atoms with E-state index in [4.69, 9.17) is 0 Å². The van der Waals surface area contributed by atoms with Crippen LogP contribution in [0.15, 0.2) is 18.2 Å². The van der Waals surface area contributed by atoms with Gasteiger partial charge in [-0.1, -0.05) is 6.42 Å². The van der Waals surface area contributed by atoms with Gasteiger partial charge in [0.25, 0.3) is 11.4 Å². The van der Waals surface area contributed by atoms with Crippen molar-refractivity contribution in [2.45, 2.75) is 37.8 Å². The average molecular weight is 306 g/mol. The smallest absolute Gasteiger partial charge is 0.299 e. The summed E-state index contributed by atoms with van der Waals surface area (Å²) in [5.74, 6) is 0. The second kappa shape index (κ2) is 5.88. The highest BCUT2D eigenvalue weighted by Gasteiger charge is 2.36. The normalized spacial score (nSPS) is 24.7. The van der Waals surface area contributed by atoms with Crippen molar-refractivity contribution in [3.05, 3.63) is 38.4 Å². The summed E-state index contributed by atoms with van der Waals surface area (Å²) in [5.41, 5.74) is -0.126. The molecule has 0 amide bonds. The molecule has 0 saturated carbocycles. The van der Waals surface area contributed by atoms with Gasteiger partial charge in [0.1, 0.15) is 5.69 Å². The SMILES string of the molecule is O=[N+]([O-])c1ccc(N[C@@H]2CCN3CCCC[C@@H]23)c([N+](=O)[O-])c1. The number of hydrogen-bond acceptors (Lipinski definition) is 6. The van der Waals surface area contributed by atoms with Crippen molar-refractivity contribution in [1.29, 1.82) is 0 Å². The van der Waals surface area contributed by atoms with E-state index >= 15 is 0 Å². The van der Waals surface area contributed by atoms with Gasteiger partial charge in [0.2, 0.25) is 0 Å². The third-order valence-electron chi connectivity index (χ3n) is 4.59. The molecule has 0 aliphatic carbocycles. The van der Waals surface area contributed by atoms with Gasteiger partial charge >= 0.3 is 0 Å². The Morgan fingerprint density at radius 2 is 1.91 bits per heavy atom. The molecule has 0 unspecified atom stereocenters. The Balaban J connectivity index is 1.82. The van der Waals surface area contributed by atoms with Crippen LogP contribution in [-0.4, -0.2) is 39.9 Å². The van der Waals surface area contributed by atoms with Crippen molar-refractivity contribution in [3.63, 3.8) is 0 Å². The molecule has 2 heterocycles. The Kier molecular flexibility index (Phi) is 3.93. The summed E-state index contributed by atoms with van der Waals surface area (Å²) in [6.07, 6.45) is 4.43. The molecular formula is C14H18N4O4. The Morgan fingerprint density at radius 3 is 2.64 bits per heavy atom. The number of nitro groups is 2. The summed E-state index contributed by atoms with van der Waals surface area (Å²) < 4.78 is 0. The maximum Gasteiger partial charge on any atom is 0.299 e. The van der Waals surface area contributed by atoms with Crippen molar-refractivity contribution in [1.82, 2.24) is 4.90 Å². The fraction of sp³-hybridized carbons (Fsp3) is 0.571. The molecule has 0 spiro atoms. The van der Waals surface area contributed by atoms with E-state index in [0.29, 0.717) is 11.7 Å². The molecule has 1 aromatic rings. The van der Waals surface area contributed by atoms with Crippen molar-refractivity contribution in [2.75, 3.05) is 18.4 Å². The van der Waals surface area contributed by atoms with Crippen LogP contribution in [-0.2, 0) is 0 Å². The van der Waals surface area contributed by atoms with E-state index in [1.165, 1.54) is 25.0 Å². The van der Waals surface area contributed by atoms with Gasteiger partial charge in [-0.3, -0.25) is 25.1 Å². The van der Waals surface area contributed by atoms with Gasteiger partial charge in [0.15, 0.2) is 0 Å². The fourth-order valence-corrected chi connectivity index (χ4v) is 3.52. The zero-order valence-electron chi connectivity index (χ0n) is 12.1. The standard InChI is InChI=1S/C14H18N4O4/c19-17(20)10-4-5-11(14(9-10)18(21)22)15-12-6-8-16-7-2-1-3-13(12)16/h4-5,9,12-13,15H,1-3,6-8H2/t12-,13+/m1/s1. The number of piperidine rings is 1. The van der Waals surface area contributed by atoms with Crippen LogP contribution >= 0.6 is 0 Å². The molecule has 8 heteroatoms. The third kappa shape index (κ3) is 2.74. The second-order valence-electron chi connectivity index (χ2n) is 5.85. The molecule has 0 aromatic heterocycles. The number of nitro benzene ring substituents is 2. The molecule has 0 bridgehead atoms. The molecule has 8 nitrogen and oxygen atoms in total. The van der Waals surface area contributed by atoms with E-state index in [0.717, 1.165) is 32.0 Å². The van der Waals surface area contributed by atoms with Gasteiger partial charge in [-0.15, -0.1) is 0 Å². The first-order chi connectivity index (χ1) is 10.6. The molecule has 0 radical (unpaired) electrons. The summed E-state index contributed by atoms with van der Waals surface area (Å²) in [5, 5.41) is 25.2. The van der Waals surface area contributed by atoms with Gasteiger partial charge in [-0.25, -0.2) is 0 Å². The molecule has 118 valence electrons. The van der Waals surface area contributed by atoms with Gasteiger partial charge in [-0.05, 0) is 31.9 Å². The van der Waals surface area contributed by atoms with Crippen molar-refractivity contribution in [2.24, 2.45) is 0 Å². The maximum absolute atomic E-state index is 11.2. The summed E-state index contributed by atoms with van der Waals surface area (Å²) >= 11 is 0. The lowest BCUT2D eigenvalue weighted by atomic mass is 9.99. The van der Waals surface area contributed by atoms with Crippen LogP contribution in [0.5, 0.6) is 0 Å². The Morgan fingerprint density at radius 1 is 1.09 bits per heavy atom. The number of nitrogens with one attached hydrogen (secondary N) is 1. The lowest BCUT2D eigenvalue weighted by molar-refractivity contribution is -0.393. The molecule has 2 saturated heterocycles. The first-order valence-corrected chi connectivity index (χ1v) is 7.49. The number of benzene rings is 1. The molecular weight excluding hydrogens is 288 g/mol. The Labute approximate surface area is 127 Å². The fourth-order valence-electron chi connectivity index (χ4n) is 3.52. The number of rotatable bonds is 4. The molecule has 3 rings (SSSR count). The summed E-state index contributed by atoms with van der Waals surface area (Å²) in [6, 6.07) is 4.35. The average Bonchev–Trinajstić information content (AvgIpc) is 2.90. The van der Waals surface area contributed by atoms with Gasteiger partial charge in [-0.2, -0.15) is 0 Å². The molecule has 1 N–H and O–H groups in total. The molecule has 1 aromatic carbocycles. The van der Waals surface area contributed by atoms with Crippen molar-refractivity contribution >= 4 is 17.1 Å². The number of nitrogens with zero attached hydrogens (tertiary/aromatic N) is 3. The highest BCUT2D eigenvalue weighted by molar-refractivity contribution is 5.65. The van der Waals surface area contributed by atoms with E-state index in [1.54, 1.807) is 0 Å². The largest absolute Gasteiger partial charge is 0.375 e. The van der Waals surface area contributed by atoms with Crippen LogP contribution in [0.1, 0.15) is 25.7 Å². The zero-order chi connectivity index (χ0) is 15.7. The van der Waals surface area contributed by atoms with Gasteiger partial charge in [0.05, 0.1) is 15.9 Å². The number of fused-ring (bicyclic) bond motifs is 1. The van der Waals surface area contributed by atoms with Crippen LogP contribution in [0.3, 0.4) is 0 Å². The minimum Gasteiger partial charge on any atom is -0.375 e. The Hall–Kier alpha value is -2.22. The van der Waals surface area contributed by atoms with Crippen LogP contribution < -0.4 is 5.32 Å². The molecule has 2 atom stereocenters. The lowest BCUT2D eigenvalue weighted by Crippen LogP contribution is -2.41. The quantitative estimate of drug-likeness (QED) is 0.677. The predicted molar refractivity (Wildman–Crippen MR) is 81.0 cm³/mol. The lowest BCUT2D eigenvalue weighted by Gasteiger charge is -2.32. The highest BCUT2D eigenvalue weighted by atomic mass is 16.6. The molecule has 22 heavy (non-hydrogen) atoms. The maximum atomic E-state index is 11.2. The first kappa shape index (κ1) is 14.7. The van der Waals surface area contributed by atoms with E-state index < -0.39 is 9.85 Å². The third-order valence-corrected chi connectivity index (χ3v) is 4.59. The van der Waals surface area contributed by atoms with Gasteiger partial charge < -0.3 is 5.32 Å². The minimum atomic E-state index is -0.616. The monoisotopic (exact) mass is 306 g/mol. The summed E-state index contributed by atoms with van der Waals surface area (Å²) in [4.78, 5) is 23.2.